The van der Waals surface area contributed by atoms with E-state index in [-0.39, 0.29) is 0 Å². The average molecular weight is 187 g/mol. The van der Waals surface area contributed by atoms with E-state index in [9.17, 15) is 8.42 Å². The van der Waals surface area contributed by atoms with Gasteiger partial charge < -0.3 is 5.21 Å². The Balaban J connectivity index is 0. The van der Waals surface area contributed by atoms with Gasteiger partial charge in [-0.05, 0) is 0 Å². The minimum atomic E-state index is -4.16. The molecule has 0 unspecified atom stereocenters. The lowest BCUT2D eigenvalue weighted by atomic mass is 10.8. The molecule has 0 bridgehead atoms. The van der Waals surface area contributed by atoms with Gasteiger partial charge in [0.15, 0.2) is 0 Å². The van der Waals surface area contributed by atoms with Gasteiger partial charge in [-0.15, -0.1) is 0 Å². The van der Waals surface area contributed by atoms with Crippen LogP contribution in [0.25, 0.3) is 0 Å². The standard InChI is InChI=1S/C3H9NO.CH4O4S/c1-3-4(2)5;1-5-6(2,3)4/h5H,3H2,1-2H3;1H3,(H,2,3,4). The van der Waals surface area contributed by atoms with Crippen LogP contribution in [-0.4, -0.2) is 43.9 Å². The Hall–Kier alpha value is -0.210. The lowest BCUT2D eigenvalue weighted by molar-refractivity contribution is -0.0596. The Morgan fingerprint density at radius 1 is 1.55 bits per heavy atom. The number of rotatable bonds is 2. The summed E-state index contributed by atoms with van der Waals surface area (Å²) in [4.78, 5) is 0. The van der Waals surface area contributed by atoms with Gasteiger partial charge in [0, 0.05) is 13.6 Å². The van der Waals surface area contributed by atoms with Crippen LogP contribution in [0.15, 0.2) is 0 Å². The number of nitrogens with zero attached hydrogens (tertiary/aromatic N) is 1. The zero-order chi connectivity index (χ0) is 9.49. The van der Waals surface area contributed by atoms with Gasteiger partial charge in [0.25, 0.3) is 0 Å². The largest absolute Gasteiger partial charge is 0.397 e. The summed E-state index contributed by atoms with van der Waals surface area (Å²) in [6, 6.07) is 0. The van der Waals surface area contributed by atoms with Crippen LogP contribution in [0.5, 0.6) is 0 Å². The molecule has 0 spiro atoms. The van der Waals surface area contributed by atoms with Crippen LogP contribution < -0.4 is 0 Å². The molecule has 0 aromatic heterocycles. The summed E-state index contributed by atoms with van der Waals surface area (Å²) < 4.78 is 29.7. The molecule has 0 amide bonds. The molecule has 0 heterocycles. The van der Waals surface area contributed by atoms with Crippen molar-refractivity contribution < 1.29 is 22.4 Å². The van der Waals surface area contributed by atoms with E-state index in [1.165, 1.54) is 0 Å². The molecule has 0 rings (SSSR count). The van der Waals surface area contributed by atoms with Gasteiger partial charge in [-0.1, -0.05) is 6.92 Å². The van der Waals surface area contributed by atoms with Gasteiger partial charge in [0.2, 0.25) is 0 Å². The molecule has 6 nitrogen and oxygen atoms in total. The van der Waals surface area contributed by atoms with E-state index in [4.69, 9.17) is 9.76 Å². The van der Waals surface area contributed by atoms with Crippen LogP contribution >= 0.6 is 0 Å². The number of hydrogen-bond acceptors (Lipinski definition) is 5. The summed E-state index contributed by atoms with van der Waals surface area (Å²) in [5.41, 5.74) is 0. The molecule has 0 aromatic rings. The topological polar surface area (TPSA) is 87.1 Å². The smallest absolute Gasteiger partial charge is 0.314 e. The molecule has 11 heavy (non-hydrogen) atoms. The van der Waals surface area contributed by atoms with Crippen molar-refractivity contribution in [3.05, 3.63) is 0 Å². The third-order valence-electron chi connectivity index (χ3n) is 0.668. The maximum atomic E-state index is 9.33. The Kier molecular flexibility index (Phi) is 7.91. The summed E-state index contributed by atoms with van der Waals surface area (Å²) >= 11 is 0. The molecular weight excluding hydrogens is 174 g/mol. The molecular formula is C4H13NO5S. The highest BCUT2D eigenvalue weighted by atomic mass is 32.3. The van der Waals surface area contributed by atoms with Crippen LogP contribution in [0.3, 0.4) is 0 Å². The number of hydroxylamine groups is 2. The quantitative estimate of drug-likeness (QED) is 0.458. The van der Waals surface area contributed by atoms with Crippen molar-refractivity contribution in [2.45, 2.75) is 6.92 Å². The van der Waals surface area contributed by atoms with E-state index in [1.807, 2.05) is 6.92 Å². The van der Waals surface area contributed by atoms with E-state index >= 15 is 0 Å². The third kappa shape index (κ3) is 25.9. The first-order chi connectivity index (χ1) is 4.83. The summed E-state index contributed by atoms with van der Waals surface area (Å²) in [6.45, 7) is 2.57. The molecule has 2 N–H and O–H groups in total. The molecule has 0 atom stereocenters. The highest BCUT2D eigenvalue weighted by Gasteiger charge is 1.93. The third-order valence-corrected chi connectivity index (χ3v) is 1.09. The van der Waals surface area contributed by atoms with Gasteiger partial charge in [-0.2, -0.15) is 13.5 Å². The van der Waals surface area contributed by atoms with Gasteiger partial charge in [0.05, 0.1) is 7.11 Å². The highest BCUT2D eigenvalue weighted by Crippen LogP contribution is 1.74. The normalized spacial score (nSPS) is 10.7. The van der Waals surface area contributed by atoms with Crippen molar-refractivity contribution in [2.24, 2.45) is 0 Å². The first-order valence-corrected chi connectivity index (χ1v) is 4.13. The fourth-order valence-corrected chi connectivity index (χ4v) is 0. The SMILES string of the molecule is CCN(C)O.COS(=O)(=O)O. The van der Waals surface area contributed by atoms with Crippen LogP contribution in [0.1, 0.15) is 6.92 Å². The summed E-state index contributed by atoms with van der Waals surface area (Å²) in [5, 5.41) is 9.32. The first-order valence-electron chi connectivity index (χ1n) is 2.76. The zero-order valence-electron chi connectivity index (χ0n) is 6.68. The Bertz CT molecular complexity index is 163. The van der Waals surface area contributed by atoms with Gasteiger partial charge in [-0.3, -0.25) is 8.74 Å². The van der Waals surface area contributed by atoms with Gasteiger partial charge in [0.1, 0.15) is 0 Å². The maximum Gasteiger partial charge on any atom is 0.397 e. The fraction of sp³-hybridized carbons (Fsp3) is 1.00. The second kappa shape index (κ2) is 6.50. The zero-order valence-corrected chi connectivity index (χ0v) is 7.50. The van der Waals surface area contributed by atoms with Gasteiger partial charge in [-0.25, -0.2) is 0 Å². The first kappa shape index (κ1) is 13.4. The molecule has 0 aromatic carbocycles. The average Bonchev–Trinajstić information content (AvgIpc) is 1.88. The fourth-order valence-electron chi connectivity index (χ4n) is 0. The highest BCUT2D eigenvalue weighted by molar-refractivity contribution is 7.80. The molecule has 0 aliphatic heterocycles. The van der Waals surface area contributed by atoms with E-state index in [0.717, 1.165) is 12.2 Å². The predicted molar refractivity (Wildman–Crippen MR) is 38.6 cm³/mol. The van der Waals surface area contributed by atoms with E-state index in [0.29, 0.717) is 6.54 Å². The van der Waals surface area contributed by atoms with Crippen LogP contribution in [0, 0.1) is 0 Å². The summed E-state index contributed by atoms with van der Waals surface area (Å²) in [5.74, 6) is 0. The van der Waals surface area contributed by atoms with Crippen molar-refractivity contribution in [1.29, 1.82) is 0 Å². The predicted octanol–water partition coefficient (Wildman–Crippen LogP) is -0.237. The Morgan fingerprint density at radius 2 is 1.73 bits per heavy atom. The number of hydrogen-bond donors (Lipinski definition) is 2. The van der Waals surface area contributed by atoms with Crippen molar-refractivity contribution in [1.82, 2.24) is 5.06 Å². The lowest BCUT2D eigenvalue weighted by Gasteiger charge is -1.98. The van der Waals surface area contributed by atoms with E-state index < -0.39 is 10.4 Å². The molecule has 0 aliphatic rings. The van der Waals surface area contributed by atoms with Crippen LogP contribution in [-0.2, 0) is 14.6 Å². The molecule has 0 aliphatic carbocycles. The monoisotopic (exact) mass is 187 g/mol. The van der Waals surface area contributed by atoms with Crippen LogP contribution in [0.2, 0.25) is 0 Å². The molecule has 7 heteroatoms. The molecule has 0 fully saturated rings. The van der Waals surface area contributed by atoms with E-state index in [2.05, 4.69) is 4.18 Å². The van der Waals surface area contributed by atoms with Crippen molar-refractivity contribution in [2.75, 3.05) is 20.7 Å². The van der Waals surface area contributed by atoms with Gasteiger partial charge >= 0.3 is 10.4 Å². The molecule has 0 radical (unpaired) electrons. The minimum absolute atomic E-state index is 0.694. The Labute approximate surface area is 66.3 Å². The summed E-state index contributed by atoms with van der Waals surface area (Å²) in [6.07, 6.45) is 0. The van der Waals surface area contributed by atoms with Crippen molar-refractivity contribution in [3.63, 3.8) is 0 Å². The van der Waals surface area contributed by atoms with E-state index in [1.54, 1.807) is 7.05 Å². The molecule has 70 valence electrons. The summed E-state index contributed by atoms with van der Waals surface area (Å²) in [7, 11) is -1.68. The maximum absolute atomic E-state index is 9.33. The van der Waals surface area contributed by atoms with Crippen molar-refractivity contribution >= 4 is 10.4 Å². The van der Waals surface area contributed by atoms with Crippen LogP contribution in [0.4, 0.5) is 0 Å². The Morgan fingerprint density at radius 3 is 1.73 bits per heavy atom. The minimum Gasteiger partial charge on any atom is -0.314 e. The lowest BCUT2D eigenvalue weighted by Crippen LogP contribution is -2.09. The molecule has 0 saturated heterocycles. The molecule has 0 saturated carbocycles. The van der Waals surface area contributed by atoms with Crippen molar-refractivity contribution in [3.8, 4) is 0 Å². The second-order valence-electron chi connectivity index (χ2n) is 1.57. The second-order valence-corrected chi connectivity index (χ2v) is 2.76.